The SMILES string of the molecule is CC(=O)C(=O)Nc1cc(NS(C)(=O)=O)c(Oc2ccccc2Cl)cc1[N+](=O)[O-]. The van der Waals surface area contributed by atoms with E-state index in [9.17, 15) is 28.1 Å². The number of carbonyl (C=O) groups is 2. The Morgan fingerprint density at radius 2 is 1.79 bits per heavy atom. The van der Waals surface area contributed by atoms with Crippen LogP contribution in [0.25, 0.3) is 0 Å². The van der Waals surface area contributed by atoms with Gasteiger partial charge in [-0.25, -0.2) is 8.42 Å². The molecular weight excluding hydrogens is 414 g/mol. The van der Waals surface area contributed by atoms with Gasteiger partial charge in [0.25, 0.3) is 11.6 Å². The number of hydrogen-bond donors (Lipinski definition) is 2. The van der Waals surface area contributed by atoms with E-state index in [1.54, 1.807) is 12.1 Å². The molecule has 1 amide bonds. The van der Waals surface area contributed by atoms with Gasteiger partial charge in [-0.1, -0.05) is 23.7 Å². The number of nitro benzene ring substituents is 1. The molecule has 12 heteroatoms. The highest BCUT2D eigenvalue weighted by Gasteiger charge is 2.24. The van der Waals surface area contributed by atoms with E-state index in [0.717, 1.165) is 25.3 Å². The van der Waals surface area contributed by atoms with Gasteiger partial charge < -0.3 is 10.1 Å². The van der Waals surface area contributed by atoms with Crippen molar-refractivity contribution in [1.82, 2.24) is 0 Å². The van der Waals surface area contributed by atoms with Crippen molar-refractivity contribution < 1.29 is 27.7 Å². The summed E-state index contributed by atoms with van der Waals surface area (Å²) in [6.45, 7) is 0.978. The molecule has 0 aromatic heterocycles. The fraction of sp³-hybridized carbons (Fsp3) is 0.125. The Bertz CT molecular complexity index is 1070. The van der Waals surface area contributed by atoms with E-state index in [1.165, 1.54) is 12.1 Å². The maximum atomic E-state index is 11.7. The minimum atomic E-state index is -3.81. The first kappa shape index (κ1) is 21.1. The van der Waals surface area contributed by atoms with Gasteiger partial charge in [0.1, 0.15) is 11.4 Å². The zero-order chi connectivity index (χ0) is 21.1. The molecule has 0 unspecified atom stereocenters. The van der Waals surface area contributed by atoms with Crippen LogP contribution in [-0.2, 0) is 19.6 Å². The summed E-state index contributed by atoms with van der Waals surface area (Å²) in [6.07, 6.45) is 0.863. The smallest absolute Gasteiger partial charge is 0.296 e. The molecule has 2 rings (SSSR count). The van der Waals surface area contributed by atoms with Crippen molar-refractivity contribution in [3.05, 3.63) is 51.5 Å². The van der Waals surface area contributed by atoms with Crippen LogP contribution in [0.1, 0.15) is 6.92 Å². The summed E-state index contributed by atoms with van der Waals surface area (Å²) in [4.78, 5) is 33.4. The molecule has 0 spiro atoms. The van der Waals surface area contributed by atoms with Gasteiger partial charge in [-0.2, -0.15) is 0 Å². The Kier molecular flexibility index (Phi) is 6.21. The summed E-state index contributed by atoms with van der Waals surface area (Å²) in [5.41, 5.74) is -1.20. The number of nitrogens with zero attached hydrogens (tertiary/aromatic N) is 1. The molecule has 10 nitrogen and oxygen atoms in total. The van der Waals surface area contributed by atoms with Gasteiger partial charge in [0, 0.05) is 6.92 Å². The zero-order valence-electron chi connectivity index (χ0n) is 14.6. The average molecular weight is 428 g/mol. The third-order valence-corrected chi connectivity index (χ3v) is 4.12. The number of carbonyl (C=O) groups excluding carboxylic acids is 2. The number of benzene rings is 2. The van der Waals surface area contributed by atoms with Gasteiger partial charge in [0.15, 0.2) is 5.75 Å². The first-order valence-electron chi connectivity index (χ1n) is 7.52. The summed E-state index contributed by atoms with van der Waals surface area (Å²) in [5.74, 6) is -2.10. The summed E-state index contributed by atoms with van der Waals surface area (Å²) in [5, 5.41) is 13.6. The highest BCUT2D eigenvalue weighted by Crippen LogP contribution is 2.40. The Morgan fingerprint density at radius 3 is 2.32 bits per heavy atom. The van der Waals surface area contributed by atoms with Crippen LogP contribution in [0.4, 0.5) is 17.1 Å². The van der Waals surface area contributed by atoms with Crippen molar-refractivity contribution in [1.29, 1.82) is 0 Å². The quantitative estimate of drug-likeness (QED) is 0.392. The summed E-state index contributed by atoms with van der Waals surface area (Å²) in [6, 6.07) is 8.10. The lowest BCUT2D eigenvalue weighted by Gasteiger charge is -2.15. The molecule has 0 aliphatic rings. The lowest BCUT2D eigenvalue weighted by atomic mass is 10.2. The molecule has 2 aromatic rings. The molecule has 0 bridgehead atoms. The van der Waals surface area contributed by atoms with E-state index in [-0.39, 0.29) is 27.9 Å². The molecule has 0 aliphatic carbocycles. The fourth-order valence-corrected chi connectivity index (χ4v) is 2.77. The summed E-state index contributed by atoms with van der Waals surface area (Å²) < 4.78 is 31.0. The van der Waals surface area contributed by atoms with Crippen LogP contribution in [0.2, 0.25) is 5.02 Å². The molecule has 148 valence electrons. The number of anilines is 2. The lowest BCUT2D eigenvalue weighted by Crippen LogP contribution is -2.20. The predicted molar refractivity (Wildman–Crippen MR) is 102 cm³/mol. The van der Waals surface area contributed by atoms with Crippen molar-refractivity contribution in [2.45, 2.75) is 6.92 Å². The topological polar surface area (TPSA) is 145 Å². The molecule has 28 heavy (non-hydrogen) atoms. The van der Waals surface area contributed by atoms with E-state index >= 15 is 0 Å². The standard InChI is InChI=1S/C16H14ClN3O7S/c1-9(21)16(22)18-11-7-12(19-28(2,25)26)15(8-13(11)20(23)24)27-14-6-4-3-5-10(14)17/h3-8,19H,1-2H3,(H,18,22). The van der Waals surface area contributed by atoms with Gasteiger partial charge >= 0.3 is 0 Å². The normalized spacial score (nSPS) is 10.8. The minimum absolute atomic E-state index is 0.121. The Hall–Kier alpha value is -3.18. The second-order valence-corrected chi connectivity index (χ2v) is 7.70. The second kappa shape index (κ2) is 8.23. The number of halogens is 1. The minimum Gasteiger partial charge on any atom is -0.453 e. The molecular formula is C16H14ClN3O7S. The number of amides is 1. The number of nitrogens with one attached hydrogen (secondary N) is 2. The van der Waals surface area contributed by atoms with E-state index < -0.39 is 32.3 Å². The van der Waals surface area contributed by atoms with Gasteiger partial charge in [-0.15, -0.1) is 0 Å². The maximum Gasteiger partial charge on any atom is 0.296 e. The Morgan fingerprint density at radius 1 is 1.14 bits per heavy atom. The number of hydrogen-bond acceptors (Lipinski definition) is 7. The molecule has 0 saturated carbocycles. The van der Waals surface area contributed by atoms with E-state index in [0.29, 0.717) is 0 Å². The number of ether oxygens (including phenoxy) is 1. The van der Waals surface area contributed by atoms with Gasteiger partial charge in [-0.05, 0) is 18.2 Å². The number of ketones is 1. The molecule has 2 aromatic carbocycles. The third kappa shape index (κ3) is 5.41. The van der Waals surface area contributed by atoms with Crippen LogP contribution in [-0.4, -0.2) is 31.3 Å². The Balaban J connectivity index is 2.63. The van der Waals surface area contributed by atoms with Crippen molar-refractivity contribution in [2.75, 3.05) is 16.3 Å². The number of nitro groups is 1. The molecule has 0 fully saturated rings. The molecule has 0 radical (unpaired) electrons. The number of sulfonamides is 1. The van der Waals surface area contributed by atoms with Crippen molar-refractivity contribution in [3.63, 3.8) is 0 Å². The summed E-state index contributed by atoms with van der Waals surface area (Å²) in [7, 11) is -3.81. The van der Waals surface area contributed by atoms with Crippen LogP contribution in [0.15, 0.2) is 36.4 Å². The van der Waals surface area contributed by atoms with Crippen molar-refractivity contribution in [3.8, 4) is 11.5 Å². The molecule has 0 atom stereocenters. The molecule has 2 N–H and O–H groups in total. The van der Waals surface area contributed by atoms with Gasteiger partial charge in [0.2, 0.25) is 15.8 Å². The molecule has 0 saturated heterocycles. The monoisotopic (exact) mass is 427 g/mol. The van der Waals surface area contributed by atoms with E-state index in [1.807, 2.05) is 0 Å². The van der Waals surface area contributed by atoms with Crippen LogP contribution in [0, 0.1) is 10.1 Å². The van der Waals surface area contributed by atoms with Crippen LogP contribution >= 0.6 is 11.6 Å². The van der Waals surface area contributed by atoms with Gasteiger partial charge in [-0.3, -0.25) is 24.4 Å². The highest BCUT2D eigenvalue weighted by atomic mass is 35.5. The lowest BCUT2D eigenvalue weighted by molar-refractivity contribution is -0.384. The predicted octanol–water partition coefficient (Wildman–Crippen LogP) is 2.94. The van der Waals surface area contributed by atoms with E-state index in [2.05, 4.69) is 10.0 Å². The first-order valence-corrected chi connectivity index (χ1v) is 9.79. The van der Waals surface area contributed by atoms with E-state index in [4.69, 9.17) is 16.3 Å². The Labute approximate surface area is 164 Å². The molecule has 0 heterocycles. The average Bonchev–Trinajstić information content (AvgIpc) is 2.57. The summed E-state index contributed by atoms with van der Waals surface area (Å²) >= 11 is 6.00. The highest BCUT2D eigenvalue weighted by molar-refractivity contribution is 7.92. The van der Waals surface area contributed by atoms with Crippen LogP contribution < -0.4 is 14.8 Å². The fourth-order valence-electron chi connectivity index (χ4n) is 2.04. The van der Waals surface area contributed by atoms with Crippen LogP contribution in [0.5, 0.6) is 11.5 Å². The number of Topliss-reactive ketones (excluding diaryl/α,β-unsaturated/α-hetero) is 1. The van der Waals surface area contributed by atoms with Crippen molar-refractivity contribution in [2.24, 2.45) is 0 Å². The number of rotatable bonds is 7. The van der Waals surface area contributed by atoms with Crippen LogP contribution in [0.3, 0.4) is 0 Å². The van der Waals surface area contributed by atoms with Gasteiger partial charge in [0.05, 0.1) is 28.0 Å². The van der Waals surface area contributed by atoms with Crippen molar-refractivity contribution >= 4 is 50.4 Å². The largest absolute Gasteiger partial charge is 0.453 e. The third-order valence-electron chi connectivity index (χ3n) is 3.21. The zero-order valence-corrected chi connectivity index (χ0v) is 16.1. The molecule has 0 aliphatic heterocycles. The number of para-hydroxylation sites is 1. The first-order chi connectivity index (χ1) is 13.0. The second-order valence-electron chi connectivity index (χ2n) is 5.54. The maximum absolute atomic E-state index is 11.7.